The molecule has 0 fully saturated rings. The van der Waals surface area contributed by atoms with Crippen molar-refractivity contribution in [2.45, 2.75) is 13.0 Å². The highest BCUT2D eigenvalue weighted by Gasteiger charge is 2.17. The lowest BCUT2D eigenvalue weighted by Crippen LogP contribution is -2.42. The monoisotopic (exact) mass is 204 g/mol. The van der Waals surface area contributed by atoms with Crippen LogP contribution >= 0.6 is 11.8 Å². The third kappa shape index (κ3) is 5.65. The van der Waals surface area contributed by atoms with E-state index in [0.29, 0.717) is 11.5 Å². The molecule has 13 heavy (non-hydrogen) atoms. The number of nitrogens with zero attached hydrogens (tertiary/aromatic N) is 1. The highest BCUT2D eigenvalue weighted by Crippen LogP contribution is 2.06. The maximum absolute atomic E-state index is 10.9. The highest BCUT2D eigenvalue weighted by atomic mass is 32.2. The lowest BCUT2D eigenvalue weighted by Gasteiger charge is -2.19. The Kier molecular flexibility index (Phi) is 5.73. The van der Waals surface area contributed by atoms with Crippen molar-refractivity contribution in [3.63, 3.8) is 0 Å². The summed E-state index contributed by atoms with van der Waals surface area (Å²) < 4.78 is 0. The van der Waals surface area contributed by atoms with Crippen molar-refractivity contribution in [1.82, 2.24) is 4.90 Å². The molecule has 0 bridgehead atoms. The molecule has 0 spiro atoms. The maximum atomic E-state index is 10.9. The van der Waals surface area contributed by atoms with Gasteiger partial charge in [0.2, 0.25) is 5.91 Å². The molecule has 0 saturated carbocycles. The van der Waals surface area contributed by atoms with Crippen LogP contribution in [-0.2, 0) is 9.59 Å². The summed E-state index contributed by atoms with van der Waals surface area (Å²) in [6.45, 7) is 1.53. The van der Waals surface area contributed by atoms with Crippen LogP contribution in [0.2, 0.25) is 0 Å². The van der Waals surface area contributed by atoms with Crippen LogP contribution in [0.3, 0.4) is 0 Å². The van der Waals surface area contributed by atoms with Crippen LogP contribution in [0.25, 0.3) is 0 Å². The minimum Gasteiger partial charge on any atom is -0.368 e. The zero-order valence-corrected chi connectivity index (χ0v) is 9.06. The molecule has 0 aromatic carbocycles. The Bertz CT molecular complexity index is 195. The van der Waals surface area contributed by atoms with Gasteiger partial charge in [0.05, 0.1) is 11.8 Å². The molecule has 0 aromatic rings. The molecule has 0 aliphatic heterocycles. The van der Waals surface area contributed by atoms with Crippen molar-refractivity contribution in [3.8, 4) is 0 Å². The lowest BCUT2D eigenvalue weighted by molar-refractivity contribution is -0.121. The SMILES string of the molecule is CC(=O)CSC[C@H](C(N)=O)N(C)C. The Balaban J connectivity index is 3.84. The zero-order valence-electron chi connectivity index (χ0n) is 8.24. The molecule has 4 nitrogen and oxygen atoms in total. The van der Waals surface area contributed by atoms with Gasteiger partial charge in [-0.1, -0.05) is 0 Å². The third-order valence-electron chi connectivity index (χ3n) is 1.53. The van der Waals surface area contributed by atoms with Crippen LogP contribution in [0.1, 0.15) is 6.92 Å². The Morgan fingerprint density at radius 2 is 2.00 bits per heavy atom. The second-order valence-corrected chi connectivity index (χ2v) is 4.13. The van der Waals surface area contributed by atoms with Crippen molar-refractivity contribution >= 4 is 23.5 Å². The van der Waals surface area contributed by atoms with Gasteiger partial charge in [-0.15, -0.1) is 0 Å². The van der Waals surface area contributed by atoms with Crippen molar-refractivity contribution < 1.29 is 9.59 Å². The molecule has 0 radical (unpaired) electrons. The van der Waals surface area contributed by atoms with Gasteiger partial charge in [0.1, 0.15) is 5.78 Å². The number of hydrogen-bond donors (Lipinski definition) is 1. The van der Waals surface area contributed by atoms with Gasteiger partial charge in [-0.3, -0.25) is 14.5 Å². The van der Waals surface area contributed by atoms with Crippen molar-refractivity contribution in [2.75, 3.05) is 25.6 Å². The Morgan fingerprint density at radius 1 is 1.46 bits per heavy atom. The van der Waals surface area contributed by atoms with E-state index in [9.17, 15) is 9.59 Å². The van der Waals surface area contributed by atoms with Gasteiger partial charge in [0.15, 0.2) is 0 Å². The van der Waals surface area contributed by atoms with Crippen molar-refractivity contribution in [1.29, 1.82) is 0 Å². The number of hydrogen-bond acceptors (Lipinski definition) is 4. The van der Waals surface area contributed by atoms with Crippen LogP contribution in [0.5, 0.6) is 0 Å². The van der Waals surface area contributed by atoms with E-state index in [-0.39, 0.29) is 17.7 Å². The number of amides is 1. The predicted molar refractivity (Wildman–Crippen MR) is 54.7 cm³/mol. The molecular formula is C8H16N2O2S. The second-order valence-electron chi connectivity index (χ2n) is 3.10. The van der Waals surface area contributed by atoms with Crippen LogP contribution in [-0.4, -0.2) is 48.2 Å². The molecule has 0 rings (SSSR count). The molecule has 0 heterocycles. The molecule has 1 atom stereocenters. The average molecular weight is 204 g/mol. The van der Waals surface area contributed by atoms with Crippen LogP contribution in [0, 0.1) is 0 Å². The summed E-state index contributed by atoms with van der Waals surface area (Å²) in [6, 6.07) is -0.288. The lowest BCUT2D eigenvalue weighted by atomic mass is 10.3. The number of nitrogens with two attached hydrogens (primary N) is 1. The molecule has 5 heteroatoms. The van der Waals surface area contributed by atoms with E-state index in [1.807, 2.05) is 0 Å². The number of rotatable bonds is 6. The predicted octanol–water partition coefficient (Wildman–Crippen LogP) is -0.276. The van der Waals surface area contributed by atoms with Gasteiger partial charge in [-0.05, 0) is 21.0 Å². The molecule has 76 valence electrons. The minimum absolute atomic E-state index is 0.118. The Hall–Kier alpha value is -0.550. The normalized spacial score (nSPS) is 12.9. The van der Waals surface area contributed by atoms with Crippen molar-refractivity contribution in [3.05, 3.63) is 0 Å². The van der Waals surface area contributed by atoms with Gasteiger partial charge in [0.25, 0.3) is 0 Å². The molecule has 0 unspecified atom stereocenters. The summed E-state index contributed by atoms with van der Waals surface area (Å²) >= 11 is 1.43. The number of thioether (sulfide) groups is 1. The second kappa shape index (κ2) is 5.99. The number of ketones is 1. The Morgan fingerprint density at radius 3 is 2.31 bits per heavy atom. The van der Waals surface area contributed by atoms with Gasteiger partial charge in [-0.25, -0.2) is 0 Å². The van der Waals surface area contributed by atoms with Crippen molar-refractivity contribution in [2.24, 2.45) is 5.73 Å². The molecule has 0 aromatic heterocycles. The van der Waals surface area contributed by atoms with E-state index >= 15 is 0 Å². The standard InChI is InChI=1S/C8H16N2O2S/c1-6(11)4-13-5-7(8(9)12)10(2)3/h7H,4-5H2,1-3H3,(H2,9,12)/t7-/m1/s1. The minimum atomic E-state index is -0.346. The molecule has 0 aliphatic carbocycles. The molecule has 2 N–H and O–H groups in total. The fraction of sp³-hybridized carbons (Fsp3) is 0.750. The first-order valence-electron chi connectivity index (χ1n) is 3.98. The summed E-state index contributed by atoms with van der Waals surface area (Å²) in [5, 5.41) is 0. The first kappa shape index (κ1) is 12.4. The highest BCUT2D eigenvalue weighted by molar-refractivity contribution is 8.00. The van der Waals surface area contributed by atoms with Gasteiger partial charge in [0, 0.05) is 5.75 Å². The van der Waals surface area contributed by atoms with E-state index in [4.69, 9.17) is 5.73 Å². The summed E-state index contributed by atoms with van der Waals surface area (Å²) in [4.78, 5) is 23.3. The number of carbonyl (C=O) groups excluding carboxylic acids is 2. The van der Waals surface area contributed by atoms with E-state index < -0.39 is 0 Å². The van der Waals surface area contributed by atoms with Gasteiger partial charge >= 0.3 is 0 Å². The quantitative estimate of drug-likeness (QED) is 0.646. The third-order valence-corrected chi connectivity index (χ3v) is 2.69. The van der Waals surface area contributed by atoms with Crippen LogP contribution in [0.4, 0.5) is 0 Å². The van der Waals surface area contributed by atoms with E-state index in [1.165, 1.54) is 18.7 Å². The maximum Gasteiger partial charge on any atom is 0.235 e. The summed E-state index contributed by atoms with van der Waals surface area (Å²) in [7, 11) is 3.59. The fourth-order valence-electron chi connectivity index (χ4n) is 0.800. The van der Waals surface area contributed by atoms with Crippen LogP contribution in [0.15, 0.2) is 0 Å². The van der Waals surface area contributed by atoms with E-state index in [0.717, 1.165) is 0 Å². The molecular weight excluding hydrogens is 188 g/mol. The van der Waals surface area contributed by atoms with E-state index in [2.05, 4.69) is 0 Å². The average Bonchev–Trinajstić information content (AvgIpc) is 1.95. The molecule has 0 saturated heterocycles. The van der Waals surface area contributed by atoms with E-state index in [1.54, 1.807) is 19.0 Å². The molecule has 0 aliphatic rings. The summed E-state index contributed by atoms with van der Waals surface area (Å²) in [6.07, 6.45) is 0. The fourth-order valence-corrected chi connectivity index (χ4v) is 1.89. The molecule has 1 amide bonds. The smallest absolute Gasteiger partial charge is 0.235 e. The number of primary amides is 1. The number of Topliss-reactive ketones (excluding diaryl/α,β-unsaturated/α-hetero) is 1. The van der Waals surface area contributed by atoms with Gasteiger partial charge < -0.3 is 5.73 Å². The summed E-state index contributed by atoms with van der Waals surface area (Å²) in [5.74, 6) is 0.785. The van der Waals surface area contributed by atoms with Gasteiger partial charge in [-0.2, -0.15) is 11.8 Å². The van der Waals surface area contributed by atoms with Crippen LogP contribution < -0.4 is 5.73 Å². The Labute approximate surface area is 82.8 Å². The topological polar surface area (TPSA) is 63.4 Å². The first-order valence-corrected chi connectivity index (χ1v) is 5.13. The largest absolute Gasteiger partial charge is 0.368 e. The first-order chi connectivity index (χ1) is 5.95. The number of carbonyl (C=O) groups is 2. The zero-order chi connectivity index (χ0) is 10.4. The summed E-state index contributed by atoms with van der Waals surface area (Å²) in [5.41, 5.74) is 5.18. The number of likely N-dealkylation sites (N-methyl/N-ethyl adjacent to an activating group) is 1.